The minimum absolute atomic E-state index is 0.291. The molecule has 0 radical (unpaired) electrons. The molecule has 1 amide bonds. The molecule has 1 aromatic rings. The Bertz CT molecular complexity index is 575. The minimum Gasteiger partial charge on any atom is -0.479 e. The van der Waals surface area contributed by atoms with Crippen LogP contribution in [0.1, 0.15) is 39.5 Å². The summed E-state index contributed by atoms with van der Waals surface area (Å²) in [6.07, 6.45) is 3.61. The zero-order chi connectivity index (χ0) is 16.1. The van der Waals surface area contributed by atoms with Gasteiger partial charge in [0.2, 0.25) is 0 Å². The van der Waals surface area contributed by atoms with Gasteiger partial charge in [0, 0.05) is 10.7 Å². The number of nitrogens with one attached hydrogen (secondary N) is 1. The van der Waals surface area contributed by atoms with E-state index in [9.17, 15) is 4.79 Å². The Morgan fingerprint density at radius 2 is 2.27 bits per heavy atom. The third-order valence-electron chi connectivity index (χ3n) is 3.83. The molecule has 0 spiro atoms. The first-order valence-electron chi connectivity index (χ1n) is 7.49. The van der Waals surface area contributed by atoms with Gasteiger partial charge in [0.15, 0.2) is 6.10 Å². The molecule has 1 N–H and O–H groups in total. The van der Waals surface area contributed by atoms with Crippen LogP contribution in [0.2, 0.25) is 10.0 Å². The van der Waals surface area contributed by atoms with E-state index in [0.717, 1.165) is 31.4 Å². The maximum atomic E-state index is 12.1. The molecule has 0 aliphatic heterocycles. The van der Waals surface area contributed by atoms with Gasteiger partial charge in [0.1, 0.15) is 5.75 Å². The summed E-state index contributed by atoms with van der Waals surface area (Å²) in [7, 11) is 0. The Hall–Kier alpha value is -1.26. The maximum Gasteiger partial charge on any atom is 0.280 e. The molecule has 1 aliphatic carbocycles. The van der Waals surface area contributed by atoms with Gasteiger partial charge in [-0.15, -0.1) is 0 Å². The highest BCUT2D eigenvalue weighted by molar-refractivity contribution is 6.35. The molecule has 0 saturated heterocycles. The van der Waals surface area contributed by atoms with Crippen molar-refractivity contribution in [2.75, 3.05) is 0 Å². The highest BCUT2D eigenvalue weighted by Gasteiger charge is 2.22. The third-order valence-corrected chi connectivity index (χ3v) is 4.36. The van der Waals surface area contributed by atoms with Gasteiger partial charge in [-0.25, -0.2) is 5.43 Å². The zero-order valence-electron chi connectivity index (χ0n) is 12.7. The number of nitrogens with zero attached hydrogens (tertiary/aromatic N) is 1. The quantitative estimate of drug-likeness (QED) is 0.804. The maximum absolute atomic E-state index is 12.1. The van der Waals surface area contributed by atoms with Crippen molar-refractivity contribution in [3.63, 3.8) is 0 Å². The second-order valence-electron chi connectivity index (χ2n) is 5.41. The summed E-state index contributed by atoms with van der Waals surface area (Å²) in [5.74, 6) is 0.621. The summed E-state index contributed by atoms with van der Waals surface area (Å²) in [5, 5.41) is 5.15. The van der Waals surface area contributed by atoms with Crippen molar-refractivity contribution in [3.05, 3.63) is 28.2 Å². The fourth-order valence-corrected chi connectivity index (χ4v) is 2.97. The molecule has 1 aromatic carbocycles. The van der Waals surface area contributed by atoms with Crippen LogP contribution in [0.15, 0.2) is 23.3 Å². The van der Waals surface area contributed by atoms with Gasteiger partial charge in [-0.05, 0) is 56.7 Å². The second kappa shape index (κ2) is 7.84. The second-order valence-corrected chi connectivity index (χ2v) is 6.26. The molecular weight excluding hydrogens is 323 g/mol. The Kier molecular flexibility index (Phi) is 6.09. The third kappa shape index (κ3) is 4.37. The summed E-state index contributed by atoms with van der Waals surface area (Å²) in [5.41, 5.74) is 3.67. The SMILES string of the molecule is CCC1CCC/C1=N\NC(=O)C(C)Oc1ccc(Cl)cc1Cl. The van der Waals surface area contributed by atoms with Crippen LogP contribution in [0.25, 0.3) is 0 Å². The number of benzene rings is 1. The van der Waals surface area contributed by atoms with E-state index in [-0.39, 0.29) is 5.91 Å². The van der Waals surface area contributed by atoms with E-state index in [4.69, 9.17) is 27.9 Å². The van der Waals surface area contributed by atoms with Crippen LogP contribution in [-0.4, -0.2) is 17.7 Å². The molecule has 1 aliphatic rings. The number of halogens is 2. The van der Waals surface area contributed by atoms with E-state index in [1.807, 2.05) is 0 Å². The molecule has 0 aromatic heterocycles. The molecule has 1 saturated carbocycles. The van der Waals surface area contributed by atoms with Crippen LogP contribution in [0, 0.1) is 5.92 Å². The number of hydrogen-bond acceptors (Lipinski definition) is 3. The standard InChI is InChI=1S/C16H20Cl2N2O2/c1-3-11-5-4-6-14(11)19-20-16(21)10(2)22-15-8-7-12(17)9-13(15)18/h7-11H,3-6H2,1-2H3,(H,20,21)/b19-14+. The Labute approximate surface area is 140 Å². The summed E-state index contributed by atoms with van der Waals surface area (Å²) < 4.78 is 5.56. The van der Waals surface area contributed by atoms with Crippen molar-refractivity contribution < 1.29 is 9.53 Å². The Balaban J connectivity index is 1.93. The molecule has 0 heterocycles. The van der Waals surface area contributed by atoms with Gasteiger partial charge in [0.05, 0.1) is 5.02 Å². The van der Waals surface area contributed by atoms with E-state index >= 15 is 0 Å². The molecule has 2 rings (SSSR count). The van der Waals surface area contributed by atoms with E-state index in [2.05, 4.69) is 17.5 Å². The number of rotatable bonds is 5. The number of amides is 1. The number of hydrazone groups is 1. The fraction of sp³-hybridized carbons (Fsp3) is 0.500. The van der Waals surface area contributed by atoms with E-state index in [1.165, 1.54) is 0 Å². The zero-order valence-corrected chi connectivity index (χ0v) is 14.2. The summed E-state index contributed by atoms with van der Waals surface area (Å²) in [6.45, 7) is 3.80. The Morgan fingerprint density at radius 1 is 1.50 bits per heavy atom. The van der Waals surface area contributed by atoms with Crippen LogP contribution in [0.3, 0.4) is 0 Å². The van der Waals surface area contributed by atoms with Gasteiger partial charge in [-0.3, -0.25) is 4.79 Å². The van der Waals surface area contributed by atoms with Gasteiger partial charge in [-0.1, -0.05) is 30.1 Å². The summed E-state index contributed by atoms with van der Waals surface area (Å²) in [4.78, 5) is 12.1. The van der Waals surface area contributed by atoms with Crippen molar-refractivity contribution in [2.24, 2.45) is 11.0 Å². The smallest absolute Gasteiger partial charge is 0.280 e. The van der Waals surface area contributed by atoms with Crippen LogP contribution in [0.5, 0.6) is 5.75 Å². The molecule has 22 heavy (non-hydrogen) atoms. The molecule has 4 nitrogen and oxygen atoms in total. The number of carbonyl (C=O) groups excluding carboxylic acids is 1. The lowest BCUT2D eigenvalue weighted by Gasteiger charge is -2.15. The first-order chi connectivity index (χ1) is 10.5. The predicted octanol–water partition coefficient (Wildman–Crippen LogP) is 4.44. The largest absolute Gasteiger partial charge is 0.479 e. The van der Waals surface area contributed by atoms with Crippen LogP contribution in [-0.2, 0) is 4.79 Å². The van der Waals surface area contributed by atoms with Crippen LogP contribution < -0.4 is 10.2 Å². The lowest BCUT2D eigenvalue weighted by atomic mass is 10.0. The van der Waals surface area contributed by atoms with Crippen molar-refractivity contribution in [3.8, 4) is 5.75 Å². The average Bonchev–Trinajstić information content (AvgIpc) is 2.95. The van der Waals surface area contributed by atoms with Crippen molar-refractivity contribution >= 4 is 34.8 Å². The number of hydrogen-bond donors (Lipinski definition) is 1. The number of ether oxygens (including phenoxy) is 1. The predicted molar refractivity (Wildman–Crippen MR) is 89.8 cm³/mol. The van der Waals surface area contributed by atoms with Crippen LogP contribution >= 0.6 is 23.2 Å². The average molecular weight is 343 g/mol. The van der Waals surface area contributed by atoms with Gasteiger partial charge in [0.25, 0.3) is 5.91 Å². The molecule has 1 fully saturated rings. The van der Waals surface area contributed by atoms with E-state index in [1.54, 1.807) is 25.1 Å². The lowest BCUT2D eigenvalue weighted by molar-refractivity contribution is -0.127. The first kappa shape index (κ1) is 17.1. The highest BCUT2D eigenvalue weighted by Crippen LogP contribution is 2.28. The van der Waals surface area contributed by atoms with E-state index < -0.39 is 6.10 Å². The monoisotopic (exact) mass is 342 g/mol. The van der Waals surface area contributed by atoms with Gasteiger partial charge >= 0.3 is 0 Å². The fourth-order valence-electron chi connectivity index (χ4n) is 2.52. The molecule has 6 heteroatoms. The molecular formula is C16H20Cl2N2O2. The molecule has 2 atom stereocenters. The topological polar surface area (TPSA) is 50.7 Å². The number of carbonyl (C=O) groups is 1. The molecule has 0 bridgehead atoms. The summed E-state index contributed by atoms with van der Waals surface area (Å²) in [6, 6.07) is 4.89. The summed E-state index contributed by atoms with van der Waals surface area (Å²) >= 11 is 11.9. The minimum atomic E-state index is -0.690. The van der Waals surface area contributed by atoms with Crippen molar-refractivity contribution in [1.29, 1.82) is 0 Å². The molecule has 120 valence electrons. The van der Waals surface area contributed by atoms with Crippen molar-refractivity contribution in [1.82, 2.24) is 5.43 Å². The normalized spacial score (nSPS) is 20.9. The Morgan fingerprint density at radius 3 is 2.95 bits per heavy atom. The van der Waals surface area contributed by atoms with Gasteiger partial charge < -0.3 is 4.74 Å². The van der Waals surface area contributed by atoms with Gasteiger partial charge in [-0.2, -0.15) is 5.10 Å². The van der Waals surface area contributed by atoms with Crippen LogP contribution in [0.4, 0.5) is 0 Å². The van der Waals surface area contributed by atoms with Crippen molar-refractivity contribution in [2.45, 2.75) is 45.6 Å². The highest BCUT2D eigenvalue weighted by atomic mass is 35.5. The first-order valence-corrected chi connectivity index (χ1v) is 8.24. The molecule has 2 unspecified atom stereocenters. The van der Waals surface area contributed by atoms with E-state index in [0.29, 0.717) is 21.7 Å². The lowest BCUT2D eigenvalue weighted by Crippen LogP contribution is -2.34.